The van der Waals surface area contributed by atoms with Crippen molar-refractivity contribution in [2.45, 2.75) is 6.92 Å². The first-order chi connectivity index (χ1) is 8.13. The largest absolute Gasteiger partial charge is 0.496 e. The molecule has 1 N–H and O–H groups in total. The Kier molecular flexibility index (Phi) is 2.82. The van der Waals surface area contributed by atoms with Crippen molar-refractivity contribution in [1.29, 1.82) is 0 Å². The predicted molar refractivity (Wildman–Crippen MR) is 60.2 cm³/mol. The Hall–Kier alpha value is -2.30. The summed E-state index contributed by atoms with van der Waals surface area (Å²) in [5.74, 6) is -0.547. The van der Waals surface area contributed by atoms with E-state index in [-0.39, 0.29) is 5.76 Å². The number of aromatic nitrogens is 1. The van der Waals surface area contributed by atoms with Gasteiger partial charge < -0.3 is 14.3 Å². The Morgan fingerprint density at radius 1 is 1.47 bits per heavy atom. The summed E-state index contributed by atoms with van der Waals surface area (Å²) in [5.41, 5.74) is 1.92. The van der Waals surface area contributed by atoms with Gasteiger partial charge in [-0.15, -0.1) is 0 Å². The maximum absolute atomic E-state index is 10.9. The summed E-state index contributed by atoms with van der Waals surface area (Å²) in [6, 6.07) is 5.32. The van der Waals surface area contributed by atoms with Crippen molar-refractivity contribution < 1.29 is 19.1 Å². The molecule has 0 bridgehead atoms. The van der Waals surface area contributed by atoms with Crippen LogP contribution in [0.5, 0.6) is 5.75 Å². The fourth-order valence-corrected chi connectivity index (χ4v) is 1.63. The van der Waals surface area contributed by atoms with E-state index in [1.807, 2.05) is 13.0 Å². The number of rotatable bonds is 3. The van der Waals surface area contributed by atoms with E-state index >= 15 is 0 Å². The number of carbonyl (C=O) groups is 1. The van der Waals surface area contributed by atoms with Crippen molar-refractivity contribution in [1.82, 2.24) is 4.98 Å². The highest BCUT2D eigenvalue weighted by Gasteiger charge is 2.17. The molecule has 1 aromatic heterocycles. The quantitative estimate of drug-likeness (QED) is 0.880. The number of ether oxygens (including phenoxy) is 1. The molecule has 0 spiro atoms. The molecule has 17 heavy (non-hydrogen) atoms. The maximum atomic E-state index is 10.9. The lowest BCUT2D eigenvalue weighted by Crippen LogP contribution is -1.97. The molecule has 1 aromatic carbocycles. The number of benzene rings is 1. The number of aryl methyl sites for hydroxylation is 1. The average molecular weight is 233 g/mol. The first-order valence-corrected chi connectivity index (χ1v) is 4.95. The molecule has 88 valence electrons. The number of hydrogen-bond acceptors (Lipinski definition) is 4. The molecule has 0 aliphatic heterocycles. The van der Waals surface area contributed by atoms with Gasteiger partial charge in [-0.3, -0.25) is 0 Å². The van der Waals surface area contributed by atoms with Gasteiger partial charge in [-0.25, -0.2) is 9.78 Å². The SMILES string of the molecule is COc1ccc(-c2ncoc2C(=O)O)cc1C. The standard InChI is InChI=1S/C12H11NO4/c1-7-5-8(3-4-9(7)16-2)10-11(12(14)15)17-6-13-10/h3-6H,1-2H3,(H,14,15). The molecule has 0 saturated carbocycles. The van der Waals surface area contributed by atoms with Crippen LogP contribution in [-0.2, 0) is 0 Å². The summed E-state index contributed by atoms with van der Waals surface area (Å²) < 4.78 is 9.97. The number of nitrogens with zero attached hydrogens (tertiary/aromatic N) is 1. The second-order valence-corrected chi connectivity index (χ2v) is 3.52. The summed E-state index contributed by atoms with van der Waals surface area (Å²) in [6.45, 7) is 1.88. The molecule has 0 aliphatic rings. The van der Waals surface area contributed by atoms with E-state index in [1.165, 1.54) is 0 Å². The van der Waals surface area contributed by atoms with Crippen LogP contribution in [0.4, 0.5) is 0 Å². The maximum Gasteiger partial charge on any atom is 0.374 e. The molecule has 5 heteroatoms. The van der Waals surface area contributed by atoms with E-state index in [4.69, 9.17) is 14.3 Å². The third-order valence-electron chi connectivity index (χ3n) is 2.43. The van der Waals surface area contributed by atoms with Gasteiger partial charge in [0, 0.05) is 5.56 Å². The average Bonchev–Trinajstić information content (AvgIpc) is 2.77. The van der Waals surface area contributed by atoms with Crippen LogP contribution < -0.4 is 4.74 Å². The second kappa shape index (κ2) is 4.29. The van der Waals surface area contributed by atoms with Crippen LogP contribution in [0.2, 0.25) is 0 Å². The number of carboxylic acids is 1. The number of aromatic carboxylic acids is 1. The monoisotopic (exact) mass is 233 g/mol. The second-order valence-electron chi connectivity index (χ2n) is 3.52. The third kappa shape index (κ3) is 1.99. The van der Waals surface area contributed by atoms with E-state index in [9.17, 15) is 4.79 Å². The smallest absolute Gasteiger partial charge is 0.374 e. The van der Waals surface area contributed by atoms with Crippen LogP contribution in [0.25, 0.3) is 11.3 Å². The Morgan fingerprint density at radius 2 is 2.24 bits per heavy atom. The van der Waals surface area contributed by atoms with Crippen molar-refractivity contribution >= 4 is 5.97 Å². The molecule has 0 atom stereocenters. The molecular formula is C12H11NO4. The molecule has 0 aliphatic carbocycles. The van der Waals surface area contributed by atoms with Gasteiger partial charge >= 0.3 is 5.97 Å². The molecule has 2 rings (SSSR count). The van der Waals surface area contributed by atoms with Gasteiger partial charge in [0.2, 0.25) is 5.76 Å². The molecule has 1 heterocycles. The summed E-state index contributed by atoms with van der Waals surface area (Å²) in [4.78, 5) is 14.8. The van der Waals surface area contributed by atoms with E-state index in [0.29, 0.717) is 11.3 Å². The number of carboxylic acid groups (broad SMARTS) is 1. The first-order valence-electron chi connectivity index (χ1n) is 4.95. The third-order valence-corrected chi connectivity index (χ3v) is 2.43. The molecule has 0 saturated heterocycles. The molecule has 0 unspecified atom stereocenters. The molecule has 0 radical (unpaired) electrons. The topological polar surface area (TPSA) is 72.6 Å². The zero-order valence-electron chi connectivity index (χ0n) is 9.43. The van der Waals surface area contributed by atoms with E-state index in [0.717, 1.165) is 17.7 Å². The van der Waals surface area contributed by atoms with Gasteiger partial charge in [-0.2, -0.15) is 0 Å². The summed E-state index contributed by atoms with van der Waals surface area (Å²) in [6.07, 6.45) is 1.12. The van der Waals surface area contributed by atoms with Gasteiger partial charge in [0.15, 0.2) is 6.39 Å². The Balaban J connectivity index is 2.50. The molecule has 0 amide bonds. The normalized spacial score (nSPS) is 10.2. The van der Waals surface area contributed by atoms with Gasteiger partial charge in [0.1, 0.15) is 11.4 Å². The minimum absolute atomic E-state index is 0.158. The minimum atomic E-state index is -1.13. The Labute approximate surface area is 97.7 Å². The number of oxazole rings is 1. The zero-order chi connectivity index (χ0) is 12.4. The van der Waals surface area contributed by atoms with E-state index in [2.05, 4.69) is 4.98 Å². The van der Waals surface area contributed by atoms with Crippen LogP contribution >= 0.6 is 0 Å². The summed E-state index contributed by atoms with van der Waals surface area (Å²) in [5, 5.41) is 8.93. The highest BCUT2D eigenvalue weighted by Crippen LogP contribution is 2.27. The van der Waals surface area contributed by atoms with E-state index in [1.54, 1.807) is 19.2 Å². The van der Waals surface area contributed by atoms with Crippen molar-refractivity contribution in [3.63, 3.8) is 0 Å². The predicted octanol–water partition coefficient (Wildman–Crippen LogP) is 2.36. The Bertz CT molecular complexity index is 559. The van der Waals surface area contributed by atoms with Gasteiger partial charge in [0.25, 0.3) is 0 Å². The lowest BCUT2D eigenvalue weighted by atomic mass is 10.1. The highest BCUT2D eigenvalue weighted by molar-refractivity contribution is 5.91. The lowest BCUT2D eigenvalue weighted by Gasteiger charge is -2.05. The molecular weight excluding hydrogens is 222 g/mol. The minimum Gasteiger partial charge on any atom is -0.496 e. The number of methoxy groups -OCH3 is 1. The summed E-state index contributed by atoms with van der Waals surface area (Å²) >= 11 is 0. The highest BCUT2D eigenvalue weighted by atomic mass is 16.5. The van der Waals surface area contributed by atoms with Gasteiger partial charge in [-0.05, 0) is 30.7 Å². The van der Waals surface area contributed by atoms with Crippen LogP contribution in [0.1, 0.15) is 16.1 Å². The zero-order valence-corrected chi connectivity index (χ0v) is 9.43. The van der Waals surface area contributed by atoms with Crippen LogP contribution in [-0.4, -0.2) is 23.2 Å². The van der Waals surface area contributed by atoms with Crippen LogP contribution in [0, 0.1) is 6.92 Å². The fourth-order valence-electron chi connectivity index (χ4n) is 1.63. The van der Waals surface area contributed by atoms with Crippen molar-refractivity contribution in [2.24, 2.45) is 0 Å². The first kappa shape index (κ1) is 11.2. The van der Waals surface area contributed by atoms with Crippen LogP contribution in [0.15, 0.2) is 29.0 Å². The molecule has 0 fully saturated rings. The Morgan fingerprint density at radius 3 is 2.82 bits per heavy atom. The number of hydrogen-bond donors (Lipinski definition) is 1. The van der Waals surface area contributed by atoms with Gasteiger partial charge in [-0.1, -0.05) is 0 Å². The summed E-state index contributed by atoms with van der Waals surface area (Å²) in [7, 11) is 1.58. The fraction of sp³-hybridized carbons (Fsp3) is 0.167. The van der Waals surface area contributed by atoms with Crippen molar-refractivity contribution in [3.05, 3.63) is 35.9 Å². The molecule has 2 aromatic rings. The van der Waals surface area contributed by atoms with Crippen LogP contribution in [0.3, 0.4) is 0 Å². The van der Waals surface area contributed by atoms with Crippen molar-refractivity contribution in [2.75, 3.05) is 7.11 Å². The van der Waals surface area contributed by atoms with Gasteiger partial charge in [0.05, 0.1) is 7.11 Å². The molecule has 5 nitrogen and oxygen atoms in total. The van der Waals surface area contributed by atoms with E-state index < -0.39 is 5.97 Å². The lowest BCUT2D eigenvalue weighted by molar-refractivity contribution is 0.0663. The van der Waals surface area contributed by atoms with Crippen molar-refractivity contribution in [3.8, 4) is 17.0 Å².